The van der Waals surface area contributed by atoms with Crippen molar-refractivity contribution < 1.29 is 17.7 Å². The Labute approximate surface area is 143 Å². The van der Waals surface area contributed by atoms with Gasteiger partial charge in [-0.25, -0.2) is 8.42 Å². The second kappa shape index (κ2) is 6.82. The van der Waals surface area contributed by atoms with Gasteiger partial charge in [0.05, 0.1) is 4.75 Å². The number of carbonyl (C=O) groups excluding carboxylic acids is 1. The monoisotopic (exact) mass is 357 g/mol. The first kappa shape index (κ1) is 18.9. The fourth-order valence-electron chi connectivity index (χ4n) is 2.51. The second-order valence-electron chi connectivity index (χ2n) is 7.67. The zero-order chi connectivity index (χ0) is 18.1. The Balaban J connectivity index is 1.93. The van der Waals surface area contributed by atoms with E-state index in [0.29, 0.717) is 24.8 Å². The molecular formula is C16H27N3O4S. The van der Waals surface area contributed by atoms with Gasteiger partial charge in [0.1, 0.15) is 5.75 Å². The Morgan fingerprint density at radius 1 is 1.29 bits per heavy atom. The molecule has 1 aliphatic heterocycles. The summed E-state index contributed by atoms with van der Waals surface area (Å²) in [7, 11) is -3.45. The van der Waals surface area contributed by atoms with Crippen LogP contribution in [-0.4, -0.2) is 53.0 Å². The predicted molar refractivity (Wildman–Crippen MR) is 90.5 cm³/mol. The van der Waals surface area contributed by atoms with Crippen LogP contribution in [0.3, 0.4) is 0 Å². The molecule has 1 saturated heterocycles. The molecule has 24 heavy (non-hydrogen) atoms. The largest absolute Gasteiger partial charge is 0.342 e. The first-order chi connectivity index (χ1) is 11.0. The van der Waals surface area contributed by atoms with Crippen molar-refractivity contribution in [2.24, 2.45) is 0 Å². The summed E-state index contributed by atoms with van der Waals surface area (Å²) in [5.74, 6) is 0.910. The van der Waals surface area contributed by atoms with E-state index in [9.17, 15) is 13.2 Å². The molecule has 136 valence electrons. The molecule has 0 atom stereocenters. The van der Waals surface area contributed by atoms with Crippen molar-refractivity contribution in [3.05, 3.63) is 11.7 Å². The first-order valence-corrected chi connectivity index (χ1v) is 10.00. The van der Waals surface area contributed by atoms with E-state index in [1.807, 2.05) is 13.8 Å². The number of amides is 1. The van der Waals surface area contributed by atoms with Crippen LogP contribution in [0.2, 0.25) is 0 Å². The summed E-state index contributed by atoms with van der Waals surface area (Å²) < 4.78 is 28.7. The third kappa shape index (κ3) is 4.15. The van der Waals surface area contributed by atoms with E-state index in [1.54, 1.807) is 25.7 Å². The number of carbonyl (C=O) groups is 1. The van der Waals surface area contributed by atoms with Crippen LogP contribution in [0.1, 0.15) is 71.0 Å². The Hall–Kier alpha value is -1.44. The number of hydrogen-bond donors (Lipinski definition) is 0. The smallest absolute Gasteiger partial charge is 0.237 e. The fraction of sp³-hybridized carbons (Fsp3) is 0.812. The van der Waals surface area contributed by atoms with E-state index < -0.39 is 20.3 Å². The SMILES string of the molecule is CC(C)c1nc(C2CCN(C(=O)CS(=O)(=O)C(C)(C)C)CC2)no1. The van der Waals surface area contributed by atoms with Gasteiger partial charge in [-0.15, -0.1) is 0 Å². The van der Waals surface area contributed by atoms with E-state index in [2.05, 4.69) is 10.1 Å². The van der Waals surface area contributed by atoms with Crippen molar-refractivity contribution in [1.82, 2.24) is 15.0 Å². The minimum absolute atomic E-state index is 0.157. The van der Waals surface area contributed by atoms with Crippen LogP contribution in [-0.2, 0) is 14.6 Å². The summed E-state index contributed by atoms with van der Waals surface area (Å²) in [5.41, 5.74) is 0. The lowest BCUT2D eigenvalue weighted by molar-refractivity contribution is -0.129. The molecule has 1 aliphatic rings. The average molecular weight is 357 g/mol. The van der Waals surface area contributed by atoms with E-state index in [1.165, 1.54) is 0 Å². The molecule has 0 unspecified atom stereocenters. The number of nitrogens with zero attached hydrogens (tertiary/aromatic N) is 3. The van der Waals surface area contributed by atoms with Crippen molar-refractivity contribution >= 4 is 15.7 Å². The predicted octanol–water partition coefficient (Wildman–Crippen LogP) is 2.11. The molecule has 1 aromatic heterocycles. The Morgan fingerprint density at radius 2 is 1.88 bits per heavy atom. The Bertz CT molecular complexity index is 680. The van der Waals surface area contributed by atoms with Gasteiger partial charge in [-0.2, -0.15) is 4.98 Å². The summed E-state index contributed by atoms with van der Waals surface area (Å²) in [6.45, 7) is 9.88. The number of rotatable bonds is 4. The molecule has 1 amide bonds. The molecule has 2 rings (SSSR count). The fourth-order valence-corrected chi connectivity index (χ4v) is 3.45. The lowest BCUT2D eigenvalue weighted by Crippen LogP contribution is -2.44. The maximum Gasteiger partial charge on any atom is 0.237 e. The molecule has 0 saturated carbocycles. The quantitative estimate of drug-likeness (QED) is 0.819. The van der Waals surface area contributed by atoms with E-state index in [4.69, 9.17) is 4.52 Å². The van der Waals surface area contributed by atoms with Gasteiger partial charge in [-0.1, -0.05) is 19.0 Å². The van der Waals surface area contributed by atoms with Gasteiger partial charge in [-0.05, 0) is 33.6 Å². The van der Waals surface area contributed by atoms with Crippen LogP contribution in [0.25, 0.3) is 0 Å². The molecule has 0 N–H and O–H groups in total. The standard InChI is InChI=1S/C16H27N3O4S/c1-11(2)15-17-14(18-23-15)12-6-8-19(9-7-12)13(20)10-24(21,22)16(3,4)5/h11-12H,6-10H2,1-5H3. The highest BCUT2D eigenvalue weighted by Crippen LogP contribution is 2.27. The van der Waals surface area contributed by atoms with Crippen LogP contribution in [0, 0.1) is 0 Å². The van der Waals surface area contributed by atoms with Gasteiger partial charge in [-0.3, -0.25) is 4.79 Å². The third-order valence-electron chi connectivity index (χ3n) is 4.41. The van der Waals surface area contributed by atoms with Gasteiger partial charge in [0.2, 0.25) is 11.8 Å². The second-order valence-corrected chi connectivity index (χ2v) is 10.4. The van der Waals surface area contributed by atoms with E-state index in [0.717, 1.165) is 12.8 Å². The lowest BCUT2D eigenvalue weighted by Gasteiger charge is -2.31. The number of aromatic nitrogens is 2. The van der Waals surface area contributed by atoms with Crippen LogP contribution in [0.4, 0.5) is 0 Å². The maximum absolute atomic E-state index is 12.3. The van der Waals surface area contributed by atoms with Crippen molar-refractivity contribution in [2.75, 3.05) is 18.8 Å². The van der Waals surface area contributed by atoms with Gasteiger partial charge in [0.15, 0.2) is 15.7 Å². The van der Waals surface area contributed by atoms with Crippen molar-refractivity contribution in [1.29, 1.82) is 0 Å². The molecule has 0 radical (unpaired) electrons. The van der Waals surface area contributed by atoms with E-state index in [-0.39, 0.29) is 17.7 Å². The molecule has 0 bridgehead atoms. The lowest BCUT2D eigenvalue weighted by atomic mass is 9.96. The zero-order valence-corrected chi connectivity index (χ0v) is 15.9. The molecule has 7 nitrogen and oxygen atoms in total. The Kier molecular flexibility index (Phi) is 5.37. The molecule has 8 heteroatoms. The highest BCUT2D eigenvalue weighted by Gasteiger charge is 2.34. The molecule has 1 aromatic rings. The summed E-state index contributed by atoms with van der Waals surface area (Å²) in [5, 5.41) is 4.04. The average Bonchev–Trinajstić information content (AvgIpc) is 2.95. The molecule has 2 heterocycles. The highest BCUT2D eigenvalue weighted by molar-refractivity contribution is 7.93. The maximum atomic E-state index is 12.3. The number of hydrogen-bond acceptors (Lipinski definition) is 6. The highest BCUT2D eigenvalue weighted by atomic mass is 32.2. The van der Waals surface area contributed by atoms with Crippen molar-refractivity contribution in [3.63, 3.8) is 0 Å². The molecular weight excluding hydrogens is 330 g/mol. The van der Waals surface area contributed by atoms with Crippen molar-refractivity contribution in [3.8, 4) is 0 Å². The van der Waals surface area contributed by atoms with Crippen LogP contribution in [0.5, 0.6) is 0 Å². The molecule has 1 fully saturated rings. The van der Waals surface area contributed by atoms with Gasteiger partial charge in [0.25, 0.3) is 0 Å². The summed E-state index contributed by atoms with van der Waals surface area (Å²) in [4.78, 5) is 18.3. The van der Waals surface area contributed by atoms with Crippen LogP contribution >= 0.6 is 0 Å². The minimum atomic E-state index is -3.45. The molecule has 0 spiro atoms. The topological polar surface area (TPSA) is 93.4 Å². The van der Waals surface area contributed by atoms with Crippen molar-refractivity contribution in [2.45, 2.75) is 64.0 Å². The van der Waals surface area contributed by atoms with Gasteiger partial charge in [0, 0.05) is 24.9 Å². The van der Waals surface area contributed by atoms with Gasteiger partial charge >= 0.3 is 0 Å². The van der Waals surface area contributed by atoms with Gasteiger partial charge < -0.3 is 9.42 Å². The van der Waals surface area contributed by atoms with Crippen LogP contribution in [0.15, 0.2) is 4.52 Å². The third-order valence-corrected chi connectivity index (χ3v) is 6.90. The minimum Gasteiger partial charge on any atom is -0.342 e. The number of piperidine rings is 1. The first-order valence-electron chi connectivity index (χ1n) is 8.35. The normalized spacial score (nSPS) is 17.5. The van der Waals surface area contributed by atoms with Crippen LogP contribution < -0.4 is 0 Å². The summed E-state index contributed by atoms with van der Waals surface area (Å²) in [6.07, 6.45) is 1.44. The molecule has 0 aliphatic carbocycles. The number of likely N-dealkylation sites (tertiary alicyclic amines) is 1. The zero-order valence-electron chi connectivity index (χ0n) is 15.1. The number of sulfone groups is 1. The summed E-state index contributed by atoms with van der Waals surface area (Å²) >= 11 is 0. The Morgan fingerprint density at radius 3 is 2.33 bits per heavy atom. The molecule has 0 aromatic carbocycles. The van der Waals surface area contributed by atoms with E-state index >= 15 is 0 Å². The summed E-state index contributed by atoms with van der Waals surface area (Å²) in [6, 6.07) is 0.